The van der Waals surface area contributed by atoms with Gasteiger partial charge in [0.25, 0.3) is 0 Å². The van der Waals surface area contributed by atoms with Crippen molar-refractivity contribution in [3.05, 3.63) is 57.8 Å². The van der Waals surface area contributed by atoms with Gasteiger partial charge in [0.05, 0.1) is 43.2 Å². The zero-order valence-electron chi connectivity index (χ0n) is 23.5. The van der Waals surface area contributed by atoms with Gasteiger partial charge in [0.2, 0.25) is 0 Å². The van der Waals surface area contributed by atoms with Crippen LogP contribution in [-0.4, -0.2) is 63.1 Å². The Bertz CT molecular complexity index is 1390. The summed E-state index contributed by atoms with van der Waals surface area (Å²) in [7, 11) is 1.26. The van der Waals surface area contributed by atoms with Gasteiger partial charge in [0.1, 0.15) is 12.7 Å². The third kappa shape index (κ3) is 8.18. The van der Waals surface area contributed by atoms with Crippen molar-refractivity contribution in [2.75, 3.05) is 33.5 Å². The lowest BCUT2D eigenvalue weighted by Crippen LogP contribution is -2.45. The number of hydrogen-bond acceptors (Lipinski definition) is 11. The van der Waals surface area contributed by atoms with Gasteiger partial charge in [-0.05, 0) is 56.2 Å². The van der Waals surface area contributed by atoms with Crippen molar-refractivity contribution in [2.45, 2.75) is 33.0 Å². The van der Waals surface area contributed by atoms with Crippen molar-refractivity contribution in [1.82, 2.24) is 16.1 Å². The maximum absolute atomic E-state index is 12.4. The van der Waals surface area contributed by atoms with E-state index in [-0.39, 0.29) is 29.6 Å². The number of amides is 2. The molecule has 14 heteroatoms. The second-order valence-electron chi connectivity index (χ2n) is 8.62. The number of urea groups is 1. The topological polar surface area (TPSA) is 173 Å². The highest BCUT2D eigenvalue weighted by molar-refractivity contribution is 6.32. The highest BCUT2D eigenvalue weighted by Gasteiger charge is 2.32. The Morgan fingerprint density at radius 1 is 1.17 bits per heavy atom. The first kappa shape index (κ1) is 31.9. The fourth-order valence-corrected chi connectivity index (χ4v) is 4.26. The molecule has 3 rings (SSSR count). The van der Waals surface area contributed by atoms with E-state index in [1.54, 1.807) is 51.1 Å². The molecule has 1 aliphatic rings. The summed E-state index contributed by atoms with van der Waals surface area (Å²) in [6.45, 7) is 5.50. The Labute approximate surface area is 248 Å². The Kier molecular flexibility index (Phi) is 11.7. The van der Waals surface area contributed by atoms with E-state index in [0.29, 0.717) is 47.3 Å². The van der Waals surface area contributed by atoms with E-state index in [9.17, 15) is 14.7 Å². The molecule has 4 N–H and O–H groups in total. The second-order valence-corrected chi connectivity index (χ2v) is 9.03. The maximum Gasteiger partial charge on any atom is 0.337 e. The smallest absolute Gasteiger partial charge is 0.337 e. The van der Waals surface area contributed by atoms with Crippen LogP contribution >= 0.6 is 11.6 Å². The number of ether oxygens (including phenoxy) is 5. The number of hydrazone groups is 1. The Morgan fingerprint density at radius 2 is 1.90 bits per heavy atom. The maximum atomic E-state index is 12.4. The number of hydrogen-bond donors (Lipinski definition) is 4. The Hall–Kier alpha value is -4.67. The molecule has 0 bridgehead atoms. The molecule has 1 aliphatic heterocycles. The predicted octanol–water partition coefficient (Wildman–Crippen LogP) is 3.16. The number of carbonyl (C=O) groups excluding carboxylic acids is 2. The van der Waals surface area contributed by atoms with Crippen LogP contribution in [0.2, 0.25) is 5.02 Å². The van der Waals surface area contributed by atoms with Crippen LogP contribution in [0, 0.1) is 11.3 Å². The molecule has 2 atom stereocenters. The van der Waals surface area contributed by atoms with Gasteiger partial charge in [-0.25, -0.2) is 9.59 Å². The Morgan fingerprint density at radius 3 is 2.60 bits per heavy atom. The molecular formula is C28H32ClN5O8. The van der Waals surface area contributed by atoms with Crippen LogP contribution < -0.4 is 35.0 Å². The summed E-state index contributed by atoms with van der Waals surface area (Å²) >= 11 is 6.28. The lowest BCUT2D eigenvalue weighted by molar-refractivity contribution is -0.136. The molecule has 0 saturated heterocycles. The monoisotopic (exact) mass is 601 g/mol. The van der Waals surface area contributed by atoms with Crippen LogP contribution in [0.3, 0.4) is 0 Å². The molecular weight excluding hydrogens is 570 g/mol. The third-order valence-electron chi connectivity index (χ3n) is 5.72. The molecule has 1 heterocycles. The first-order chi connectivity index (χ1) is 20.2. The van der Waals surface area contributed by atoms with Gasteiger partial charge in [-0.2, -0.15) is 10.4 Å². The van der Waals surface area contributed by atoms with Gasteiger partial charge in [0, 0.05) is 5.70 Å². The molecule has 2 amide bonds. The summed E-state index contributed by atoms with van der Waals surface area (Å²) < 4.78 is 27.3. The zero-order valence-corrected chi connectivity index (χ0v) is 24.3. The van der Waals surface area contributed by atoms with E-state index in [1.165, 1.54) is 13.3 Å². The SMILES string of the molecule is CCOc1cc([C@H]2NC(=O)NC(C)=C2C(=O)OC)ccc1OC[C@@H](O)N/N=C\c1cc(Cl)c(OCC#N)c(OCC)c1. The van der Waals surface area contributed by atoms with Crippen LogP contribution in [-0.2, 0) is 9.53 Å². The molecule has 2 aromatic carbocycles. The van der Waals surface area contributed by atoms with Gasteiger partial charge >= 0.3 is 12.0 Å². The number of aliphatic hydroxyl groups excluding tert-OH is 1. The van der Waals surface area contributed by atoms with E-state index in [2.05, 4.69) is 21.2 Å². The Balaban J connectivity index is 1.69. The number of esters is 1. The van der Waals surface area contributed by atoms with Crippen molar-refractivity contribution in [1.29, 1.82) is 5.26 Å². The first-order valence-corrected chi connectivity index (χ1v) is 13.3. The molecule has 0 spiro atoms. The van der Waals surface area contributed by atoms with Crippen molar-refractivity contribution in [3.63, 3.8) is 0 Å². The normalized spacial score (nSPS) is 15.3. The molecule has 0 fully saturated rings. The average molecular weight is 602 g/mol. The number of nitriles is 1. The number of halogens is 1. The molecule has 224 valence electrons. The average Bonchev–Trinajstić information content (AvgIpc) is 2.95. The van der Waals surface area contributed by atoms with Crippen molar-refractivity contribution in [2.24, 2.45) is 5.10 Å². The molecule has 13 nitrogen and oxygen atoms in total. The van der Waals surface area contributed by atoms with Crippen molar-refractivity contribution >= 4 is 29.8 Å². The van der Waals surface area contributed by atoms with E-state index in [1.807, 2.05) is 6.07 Å². The number of aliphatic hydroxyl groups is 1. The molecule has 0 radical (unpaired) electrons. The lowest BCUT2D eigenvalue weighted by atomic mass is 9.95. The van der Waals surface area contributed by atoms with Crippen LogP contribution in [0.1, 0.15) is 37.9 Å². The van der Waals surface area contributed by atoms with E-state index in [0.717, 1.165) is 0 Å². The molecule has 2 aromatic rings. The molecule has 0 unspecified atom stereocenters. The minimum absolute atomic E-state index is 0.186. The summed E-state index contributed by atoms with van der Waals surface area (Å²) in [6.07, 6.45) is 0.226. The predicted molar refractivity (Wildman–Crippen MR) is 153 cm³/mol. The fourth-order valence-electron chi connectivity index (χ4n) is 3.99. The molecule has 0 aromatic heterocycles. The summed E-state index contributed by atoms with van der Waals surface area (Å²) in [4.78, 5) is 24.5. The van der Waals surface area contributed by atoms with Gasteiger partial charge in [-0.3, -0.25) is 5.43 Å². The van der Waals surface area contributed by atoms with Crippen molar-refractivity contribution in [3.8, 4) is 29.1 Å². The first-order valence-electron chi connectivity index (χ1n) is 12.9. The highest BCUT2D eigenvalue weighted by Crippen LogP contribution is 2.37. The summed E-state index contributed by atoms with van der Waals surface area (Å²) in [6, 6.07) is 8.79. The minimum atomic E-state index is -1.20. The highest BCUT2D eigenvalue weighted by atomic mass is 35.5. The fraction of sp³-hybridized carbons (Fsp3) is 0.357. The standard InChI is InChI=1S/C28H32ClN5O8/c1-5-39-21-13-18(25-24(27(36)38-4)16(3)32-28(37)33-25)7-8-20(21)42-15-23(35)34-31-14-17-11-19(29)26(41-10-9-30)22(12-17)40-6-2/h7-8,11-14,23,25,34-35H,5-6,10,15H2,1-4H3,(H2,32,33,37)/b31-14-/t23-,25-/m1/s1. The number of nitrogens with one attached hydrogen (secondary N) is 3. The third-order valence-corrected chi connectivity index (χ3v) is 6.00. The minimum Gasteiger partial charge on any atom is -0.490 e. The summed E-state index contributed by atoms with van der Waals surface area (Å²) in [5.74, 6) is 0.692. The molecule has 0 aliphatic carbocycles. The van der Waals surface area contributed by atoms with E-state index < -0.39 is 24.3 Å². The number of methoxy groups -OCH3 is 1. The van der Waals surface area contributed by atoms with Crippen LogP contribution in [0.25, 0.3) is 0 Å². The van der Waals surface area contributed by atoms with Crippen LogP contribution in [0.4, 0.5) is 4.79 Å². The van der Waals surface area contributed by atoms with Gasteiger partial charge in [0.15, 0.2) is 35.8 Å². The number of allylic oxidation sites excluding steroid dienone is 1. The van der Waals surface area contributed by atoms with Crippen molar-refractivity contribution < 1.29 is 38.4 Å². The lowest BCUT2D eigenvalue weighted by Gasteiger charge is -2.28. The zero-order chi connectivity index (χ0) is 30.6. The quantitative estimate of drug-likeness (QED) is 0.109. The number of rotatable bonds is 14. The van der Waals surface area contributed by atoms with E-state index in [4.69, 9.17) is 40.5 Å². The van der Waals surface area contributed by atoms with E-state index >= 15 is 0 Å². The van der Waals surface area contributed by atoms with Gasteiger partial charge < -0.3 is 39.4 Å². The number of nitrogens with zero attached hydrogens (tertiary/aromatic N) is 2. The molecule has 42 heavy (non-hydrogen) atoms. The summed E-state index contributed by atoms with van der Waals surface area (Å²) in [5.41, 5.74) is 4.32. The second kappa shape index (κ2) is 15.4. The summed E-state index contributed by atoms with van der Waals surface area (Å²) in [5, 5.41) is 28.7. The van der Waals surface area contributed by atoms with Crippen LogP contribution in [0.5, 0.6) is 23.0 Å². The number of benzene rings is 2. The van der Waals surface area contributed by atoms with Crippen LogP contribution in [0.15, 0.2) is 46.7 Å². The van der Waals surface area contributed by atoms with Gasteiger partial charge in [-0.15, -0.1) is 0 Å². The molecule has 0 saturated carbocycles. The number of carbonyl (C=O) groups is 2. The largest absolute Gasteiger partial charge is 0.490 e. The van der Waals surface area contributed by atoms with Gasteiger partial charge in [-0.1, -0.05) is 17.7 Å².